The van der Waals surface area contributed by atoms with Crippen molar-refractivity contribution in [3.05, 3.63) is 59.3 Å². The molecule has 0 spiro atoms. The summed E-state index contributed by atoms with van der Waals surface area (Å²) in [5.74, 6) is 0. The smallest absolute Gasteiger partial charge is 0.0536 e. The van der Waals surface area contributed by atoms with E-state index in [0.717, 1.165) is 30.7 Å². The van der Waals surface area contributed by atoms with E-state index in [1.807, 2.05) is 30.5 Å². The van der Waals surface area contributed by atoms with Gasteiger partial charge in [-0.15, -0.1) is 0 Å². The second-order valence-corrected chi connectivity index (χ2v) is 6.16. The maximum atomic E-state index is 6.24. The van der Waals surface area contributed by atoms with Gasteiger partial charge < -0.3 is 5.73 Å². The van der Waals surface area contributed by atoms with Crippen molar-refractivity contribution in [2.24, 2.45) is 0 Å². The normalized spacial score (nSPS) is 10.8. The molecule has 2 nitrogen and oxygen atoms in total. The minimum absolute atomic E-state index is 0.810. The van der Waals surface area contributed by atoms with E-state index < -0.39 is 0 Å². The Balaban J connectivity index is 2.04. The number of halogens is 1. The molecule has 0 aliphatic heterocycles. The number of nitrogens with two attached hydrogens (primary N) is 1. The van der Waals surface area contributed by atoms with Gasteiger partial charge in [0.25, 0.3) is 0 Å². The van der Waals surface area contributed by atoms with Crippen LogP contribution in [0, 0.1) is 0 Å². The van der Waals surface area contributed by atoms with Crippen molar-refractivity contribution >= 4 is 44.2 Å². The van der Waals surface area contributed by atoms with Crippen LogP contribution in [-0.4, -0.2) is 4.98 Å². The number of aromatic nitrogens is 1. The molecule has 0 saturated heterocycles. The first-order valence-electron chi connectivity index (χ1n) is 5.80. The van der Waals surface area contributed by atoms with E-state index in [9.17, 15) is 0 Å². The highest BCUT2D eigenvalue weighted by Crippen LogP contribution is 2.36. The van der Waals surface area contributed by atoms with Crippen LogP contribution in [0.2, 0.25) is 0 Å². The summed E-state index contributed by atoms with van der Waals surface area (Å²) < 4.78 is 1.07. The molecule has 3 aromatic rings. The fourth-order valence-corrected chi connectivity index (χ4v) is 3.41. The van der Waals surface area contributed by atoms with Crippen LogP contribution in [-0.2, 0) is 0 Å². The van der Waals surface area contributed by atoms with Crippen LogP contribution in [0.1, 0.15) is 0 Å². The Morgan fingerprint density at radius 2 is 2.00 bits per heavy atom. The molecule has 1 heterocycles. The van der Waals surface area contributed by atoms with Crippen LogP contribution in [0.3, 0.4) is 0 Å². The van der Waals surface area contributed by atoms with Crippen molar-refractivity contribution in [1.82, 2.24) is 4.98 Å². The Bertz CT molecular complexity index is 743. The molecule has 19 heavy (non-hydrogen) atoms. The lowest BCUT2D eigenvalue weighted by molar-refractivity contribution is 1.35. The SMILES string of the molecule is Nc1c(Sc2cccc(Br)c2)ccc2cnccc12. The molecule has 94 valence electrons. The second-order valence-electron chi connectivity index (χ2n) is 4.13. The maximum absolute atomic E-state index is 6.24. The van der Waals surface area contributed by atoms with Crippen molar-refractivity contribution in [2.75, 3.05) is 5.73 Å². The molecule has 0 saturated carbocycles. The van der Waals surface area contributed by atoms with Crippen LogP contribution < -0.4 is 5.73 Å². The quantitative estimate of drug-likeness (QED) is 0.690. The zero-order valence-corrected chi connectivity index (χ0v) is 12.4. The van der Waals surface area contributed by atoms with Gasteiger partial charge in [-0.2, -0.15) is 0 Å². The predicted molar refractivity (Wildman–Crippen MR) is 84.4 cm³/mol. The minimum Gasteiger partial charge on any atom is -0.397 e. The fraction of sp³-hybridized carbons (Fsp3) is 0. The van der Waals surface area contributed by atoms with Gasteiger partial charge in [0.2, 0.25) is 0 Å². The molecule has 3 rings (SSSR count). The Kier molecular flexibility index (Phi) is 3.44. The van der Waals surface area contributed by atoms with Crippen molar-refractivity contribution in [3.63, 3.8) is 0 Å². The largest absolute Gasteiger partial charge is 0.397 e. The number of anilines is 1. The first-order chi connectivity index (χ1) is 9.24. The third-order valence-corrected chi connectivity index (χ3v) is 4.40. The van der Waals surface area contributed by atoms with Gasteiger partial charge in [0.1, 0.15) is 0 Å². The van der Waals surface area contributed by atoms with Gasteiger partial charge in [-0.05, 0) is 30.3 Å². The average Bonchev–Trinajstić information content (AvgIpc) is 2.42. The van der Waals surface area contributed by atoms with Crippen LogP contribution in [0.15, 0.2) is 69.1 Å². The standard InChI is InChI=1S/C15H11BrN2S/c16-11-2-1-3-12(8-11)19-14-5-4-10-9-18-7-6-13(10)15(14)17/h1-9H,17H2. The van der Waals surface area contributed by atoms with E-state index in [1.165, 1.54) is 0 Å². The average molecular weight is 331 g/mol. The number of pyridine rings is 1. The monoisotopic (exact) mass is 330 g/mol. The molecule has 2 aromatic carbocycles. The van der Waals surface area contributed by atoms with Gasteiger partial charge in [-0.3, -0.25) is 4.98 Å². The van der Waals surface area contributed by atoms with E-state index in [-0.39, 0.29) is 0 Å². The molecule has 0 bridgehead atoms. The summed E-state index contributed by atoms with van der Waals surface area (Å²) in [6.45, 7) is 0. The van der Waals surface area contributed by atoms with Gasteiger partial charge in [-0.25, -0.2) is 0 Å². The topological polar surface area (TPSA) is 38.9 Å². The molecule has 0 amide bonds. The number of benzene rings is 2. The third-order valence-electron chi connectivity index (χ3n) is 2.85. The van der Waals surface area contributed by atoms with E-state index in [1.54, 1.807) is 18.0 Å². The number of fused-ring (bicyclic) bond motifs is 1. The minimum atomic E-state index is 0.810. The maximum Gasteiger partial charge on any atom is 0.0536 e. The van der Waals surface area contributed by atoms with E-state index in [4.69, 9.17) is 5.73 Å². The molecule has 0 unspecified atom stereocenters. The molecule has 0 aliphatic carbocycles. The van der Waals surface area contributed by atoms with Gasteiger partial charge in [0.05, 0.1) is 5.69 Å². The van der Waals surface area contributed by atoms with E-state index >= 15 is 0 Å². The Morgan fingerprint density at radius 3 is 2.84 bits per heavy atom. The van der Waals surface area contributed by atoms with Crippen LogP contribution in [0.5, 0.6) is 0 Å². The van der Waals surface area contributed by atoms with Crippen molar-refractivity contribution in [1.29, 1.82) is 0 Å². The zero-order chi connectivity index (χ0) is 13.2. The van der Waals surface area contributed by atoms with Gasteiger partial charge in [0.15, 0.2) is 0 Å². The first kappa shape index (κ1) is 12.5. The molecule has 2 N–H and O–H groups in total. The molecule has 0 fully saturated rings. The highest BCUT2D eigenvalue weighted by molar-refractivity contribution is 9.10. The lowest BCUT2D eigenvalue weighted by Crippen LogP contribution is -1.91. The third kappa shape index (κ3) is 2.60. The lowest BCUT2D eigenvalue weighted by atomic mass is 10.1. The van der Waals surface area contributed by atoms with Gasteiger partial charge in [-0.1, -0.05) is 39.8 Å². The second kappa shape index (κ2) is 5.23. The van der Waals surface area contributed by atoms with E-state index in [0.29, 0.717) is 0 Å². The predicted octanol–water partition coefficient (Wildman–Crippen LogP) is 4.73. The fourth-order valence-electron chi connectivity index (χ4n) is 1.92. The summed E-state index contributed by atoms with van der Waals surface area (Å²) in [5, 5.41) is 2.12. The van der Waals surface area contributed by atoms with Crippen molar-refractivity contribution in [3.8, 4) is 0 Å². The summed E-state index contributed by atoms with van der Waals surface area (Å²) in [5.41, 5.74) is 7.05. The summed E-state index contributed by atoms with van der Waals surface area (Å²) >= 11 is 5.15. The van der Waals surface area contributed by atoms with Gasteiger partial charge in [0, 0.05) is 37.4 Å². The molecule has 0 aliphatic rings. The molecule has 0 radical (unpaired) electrons. The Morgan fingerprint density at radius 1 is 1.11 bits per heavy atom. The Hall–Kier alpha value is -1.52. The molecular formula is C15H11BrN2S. The number of hydrogen-bond donors (Lipinski definition) is 1. The highest BCUT2D eigenvalue weighted by Gasteiger charge is 2.06. The Labute approximate surface area is 124 Å². The number of nitrogens with zero attached hydrogens (tertiary/aromatic N) is 1. The summed E-state index contributed by atoms with van der Waals surface area (Å²) in [6, 6.07) is 14.2. The number of rotatable bonds is 2. The lowest BCUT2D eigenvalue weighted by Gasteiger charge is -2.08. The van der Waals surface area contributed by atoms with Crippen molar-refractivity contribution < 1.29 is 0 Å². The number of hydrogen-bond acceptors (Lipinski definition) is 3. The van der Waals surface area contributed by atoms with E-state index in [2.05, 4.69) is 39.1 Å². The molecular weight excluding hydrogens is 320 g/mol. The summed E-state index contributed by atoms with van der Waals surface area (Å²) in [4.78, 5) is 6.34. The number of nitrogen functional groups attached to an aromatic ring is 1. The highest BCUT2D eigenvalue weighted by atomic mass is 79.9. The van der Waals surface area contributed by atoms with Crippen LogP contribution in [0.4, 0.5) is 5.69 Å². The summed E-state index contributed by atoms with van der Waals surface area (Å²) in [6.07, 6.45) is 3.60. The van der Waals surface area contributed by atoms with Crippen LogP contribution in [0.25, 0.3) is 10.8 Å². The molecule has 4 heteroatoms. The zero-order valence-electron chi connectivity index (χ0n) is 10.0. The molecule has 0 atom stereocenters. The van der Waals surface area contributed by atoms with Gasteiger partial charge >= 0.3 is 0 Å². The van der Waals surface area contributed by atoms with Crippen molar-refractivity contribution in [2.45, 2.75) is 9.79 Å². The summed E-state index contributed by atoms with van der Waals surface area (Å²) in [7, 11) is 0. The molecule has 1 aromatic heterocycles. The first-order valence-corrected chi connectivity index (χ1v) is 7.40. The van der Waals surface area contributed by atoms with Crippen LogP contribution >= 0.6 is 27.7 Å².